The smallest absolute Gasteiger partial charge is 0.267 e. The van der Waals surface area contributed by atoms with Crippen molar-refractivity contribution in [2.24, 2.45) is 11.7 Å². The number of carbonyl (C=O) groups excluding carboxylic acids is 1. The maximum atomic E-state index is 12.3. The number of hydrogen-bond acceptors (Lipinski definition) is 4. The predicted molar refractivity (Wildman–Crippen MR) is 68.7 cm³/mol. The second-order valence-corrected chi connectivity index (χ2v) is 5.65. The minimum absolute atomic E-state index is 0.0795. The van der Waals surface area contributed by atoms with Gasteiger partial charge in [-0.15, -0.1) is 11.3 Å². The Morgan fingerprint density at radius 2 is 2.47 bits per heavy atom. The van der Waals surface area contributed by atoms with Crippen molar-refractivity contribution in [2.45, 2.75) is 13.3 Å². The normalized spacial score (nSPS) is 19.7. The standard InChI is InChI=1S/C12H18N2O2S/c1-8-5-10(16-2)11(17-8)12(15)14-4-3-9(6-13)7-14/h5,9H,3-4,6-7,13H2,1-2H3/t9-/m0/s1. The van der Waals surface area contributed by atoms with Gasteiger partial charge in [0.1, 0.15) is 10.6 Å². The molecule has 1 amide bonds. The molecule has 17 heavy (non-hydrogen) atoms. The Hall–Kier alpha value is -1.07. The molecule has 2 heterocycles. The lowest BCUT2D eigenvalue weighted by atomic mass is 10.1. The molecule has 94 valence electrons. The van der Waals surface area contributed by atoms with Crippen LogP contribution in [-0.2, 0) is 0 Å². The first-order chi connectivity index (χ1) is 8.15. The molecule has 1 saturated heterocycles. The van der Waals surface area contributed by atoms with E-state index in [1.807, 2.05) is 17.9 Å². The zero-order valence-electron chi connectivity index (χ0n) is 10.2. The van der Waals surface area contributed by atoms with Crippen LogP contribution < -0.4 is 10.5 Å². The van der Waals surface area contributed by atoms with Crippen molar-refractivity contribution in [2.75, 3.05) is 26.7 Å². The zero-order chi connectivity index (χ0) is 12.4. The number of rotatable bonds is 3. The van der Waals surface area contributed by atoms with Gasteiger partial charge in [-0.05, 0) is 31.9 Å². The maximum absolute atomic E-state index is 12.3. The summed E-state index contributed by atoms with van der Waals surface area (Å²) < 4.78 is 5.24. The third-order valence-electron chi connectivity index (χ3n) is 3.14. The molecule has 1 aliphatic heterocycles. The van der Waals surface area contributed by atoms with Gasteiger partial charge < -0.3 is 15.4 Å². The van der Waals surface area contributed by atoms with Crippen LogP contribution in [0.1, 0.15) is 21.0 Å². The summed E-state index contributed by atoms with van der Waals surface area (Å²) in [7, 11) is 1.60. The second kappa shape index (κ2) is 5.06. The first-order valence-electron chi connectivity index (χ1n) is 5.79. The van der Waals surface area contributed by atoms with Gasteiger partial charge in [-0.3, -0.25) is 4.79 Å². The van der Waals surface area contributed by atoms with Gasteiger partial charge in [0.25, 0.3) is 5.91 Å². The Balaban J connectivity index is 2.14. The molecule has 0 aliphatic carbocycles. The lowest BCUT2D eigenvalue weighted by Crippen LogP contribution is -2.29. The van der Waals surface area contributed by atoms with E-state index in [0.717, 1.165) is 24.4 Å². The van der Waals surface area contributed by atoms with Crippen molar-refractivity contribution in [1.29, 1.82) is 0 Å². The van der Waals surface area contributed by atoms with Crippen molar-refractivity contribution in [3.8, 4) is 5.75 Å². The fourth-order valence-electron chi connectivity index (χ4n) is 2.14. The van der Waals surface area contributed by atoms with E-state index in [2.05, 4.69) is 0 Å². The van der Waals surface area contributed by atoms with Crippen LogP contribution in [0.5, 0.6) is 5.75 Å². The van der Waals surface area contributed by atoms with Gasteiger partial charge in [-0.25, -0.2) is 0 Å². The van der Waals surface area contributed by atoms with Crippen molar-refractivity contribution in [3.05, 3.63) is 15.8 Å². The predicted octanol–water partition coefficient (Wildman–Crippen LogP) is 1.49. The number of methoxy groups -OCH3 is 1. The first kappa shape index (κ1) is 12.4. The van der Waals surface area contributed by atoms with Crippen LogP contribution in [0.25, 0.3) is 0 Å². The Labute approximate surface area is 105 Å². The summed E-state index contributed by atoms with van der Waals surface area (Å²) in [5.41, 5.74) is 5.63. The molecule has 0 bridgehead atoms. The fourth-order valence-corrected chi connectivity index (χ4v) is 3.09. The Kier molecular flexibility index (Phi) is 3.69. The first-order valence-corrected chi connectivity index (χ1v) is 6.61. The van der Waals surface area contributed by atoms with Crippen LogP contribution in [0.4, 0.5) is 0 Å². The van der Waals surface area contributed by atoms with E-state index >= 15 is 0 Å². The van der Waals surface area contributed by atoms with Crippen LogP contribution in [-0.4, -0.2) is 37.6 Å². The molecule has 1 aromatic heterocycles. The summed E-state index contributed by atoms with van der Waals surface area (Å²) in [5.74, 6) is 1.22. The number of nitrogens with two attached hydrogens (primary N) is 1. The average molecular weight is 254 g/mol. The highest BCUT2D eigenvalue weighted by molar-refractivity contribution is 7.14. The van der Waals surface area contributed by atoms with Crippen LogP contribution in [0, 0.1) is 12.8 Å². The summed E-state index contributed by atoms with van der Waals surface area (Å²) >= 11 is 1.50. The van der Waals surface area contributed by atoms with Crippen molar-refractivity contribution < 1.29 is 9.53 Å². The molecule has 5 heteroatoms. The summed E-state index contributed by atoms with van der Waals surface area (Å²) in [6.45, 7) is 4.22. The van der Waals surface area contributed by atoms with Gasteiger partial charge in [0, 0.05) is 18.0 Å². The highest BCUT2D eigenvalue weighted by Crippen LogP contribution is 2.31. The van der Waals surface area contributed by atoms with E-state index in [0.29, 0.717) is 23.1 Å². The molecule has 0 spiro atoms. The quantitative estimate of drug-likeness (QED) is 0.889. The molecule has 2 rings (SSSR count). The molecular formula is C12H18N2O2S. The number of thiophene rings is 1. The minimum atomic E-state index is 0.0795. The third kappa shape index (κ3) is 2.45. The summed E-state index contributed by atoms with van der Waals surface area (Å²) in [4.78, 5) is 16.0. The number of nitrogens with zero attached hydrogens (tertiary/aromatic N) is 1. The van der Waals surface area contributed by atoms with Gasteiger partial charge in [-0.1, -0.05) is 0 Å². The van der Waals surface area contributed by atoms with Crippen LogP contribution in [0.3, 0.4) is 0 Å². The van der Waals surface area contributed by atoms with E-state index in [1.165, 1.54) is 11.3 Å². The fraction of sp³-hybridized carbons (Fsp3) is 0.583. The number of likely N-dealkylation sites (tertiary alicyclic amines) is 1. The van der Waals surface area contributed by atoms with Crippen molar-refractivity contribution in [3.63, 3.8) is 0 Å². The van der Waals surface area contributed by atoms with E-state index < -0.39 is 0 Å². The monoisotopic (exact) mass is 254 g/mol. The minimum Gasteiger partial charge on any atom is -0.495 e. The average Bonchev–Trinajstić information content (AvgIpc) is 2.93. The molecule has 0 saturated carbocycles. The van der Waals surface area contributed by atoms with Crippen molar-refractivity contribution in [1.82, 2.24) is 4.90 Å². The number of hydrogen-bond donors (Lipinski definition) is 1. The summed E-state index contributed by atoms with van der Waals surface area (Å²) in [6, 6.07) is 1.91. The van der Waals surface area contributed by atoms with E-state index in [-0.39, 0.29) is 5.91 Å². The molecule has 0 unspecified atom stereocenters. The molecule has 1 atom stereocenters. The topological polar surface area (TPSA) is 55.6 Å². The Bertz CT molecular complexity index is 417. The van der Waals surface area contributed by atoms with Gasteiger partial charge in [0.15, 0.2) is 0 Å². The highest BCUT2D eigenvalue weighted by Gasteiger charge is 2.28. The zero-order valence-corrected chi connectivity index (χ0v) is 11.0. The molecule has 1 aliphatic rings. The van der Waals surface area contributed by atoms with Gasteiger partial charge in [0.05, 0.1) is 7.11 Å². The van der Waals surface area contributed by atoms with E-state index in [4.69, 9.17) is 10.5 Å². The molecule has 0 radical (unpaired) electrons. The number of amides is 1. The maximum Gasteiger partial charge on any atom is 0.267 e. The molecule has 1 aromatic rings. The molecule has 0 aromatic carbocycles. The largest absolute Gasteiger partial charge is 0.495 e. The van der Waals surface area contributed by atoms with E-state index in [9.17, 15) is 4.79 Å². The molecule has 1 fully saturated rings. The lowest BCUT2D eigenvalue weighted by Gasteiger charge is -2.15. The van der Waals surface area contributed by atoms with Crippen LogP contribution in [0.2, 0.25) is 0 Å². The van der Waals surface area contributed by atoms with Gasteiger partial charge in [-0.2, -0.15) is 0 Å². The summed E-state index contributed by atoms with van der Waals surface area (Å²) in [5, 5.41) is 0. The molecule has 4 nitrogen and oxygen atoms in total. The van der Waals surface area contributed by atoms with Crippen LogP contribution in [0.15, 0.2) is 6.07 Å². The number of aryl methyl sites for hydroxylation is 1. The summed E-state index contributed by atoms with van der Waals surface area (Å²) in [6.07, 6.45) is 1.01. The third-order valence-corrected chi connectivity index (χ3v) is 4.16. The Morgan fingerprint density at radius 3 is 3.06 bits per heavy atom. The Morgan fingerprint density at radius 1 is 1.71 bits per heavy atom. The van der Waals surface area contributed by atoms with Gasteiger partial charge >= 0.3 is 0 Å². The highest BCUT2D eigenvalue weighted by atomic mass is 32.1. The number of ether oxygens (including phenoxy) is 1. The molecule has 2 N–H and O–H groups in total. The van der Waals surface area contributed by atoms with Crippen LogP contribution >= 0.6 is 11.3 Å². The van der Waals surface area contributed by atoms with E-state index in [1.54, 1.807) is 7.11 Å². The lowest BCUT2D eigenvalue weighted by molar-refractivity contribution is 0.0789. The second-order valence-electron chi connectivity index (χ2n) is 4.40. The SMILES string of the molecule is COc1cc(C)sc1C(=O)N1CC[C@@H](CN)C1. The van der Waals surface area contributed by atoms with Gasteiger partial charge in [0.2, 0.25) is 0 Å². The molecular weight excluding hydrogens is 236 g/mol. The van der Waals surface area contributed by atoms with Crippen molar-refractivity contribution >= 4 is 17.2 Å². The number of carbonyl (C=O) groups is 1.